The van der Waals surface area contributed by atoms with E-state index in [2.05, 4.69) is 0 Å². The van der Waals surface area contributed by atoms with Gasteiger partial charge in [-0.15, -0.1) is 0 Å². The Balaban J connectivity index is 1.56. The topological polar surface area (TPSA) is 12.5 Å². The van der Waals surface area contributed by atoms with Gasteiger partial charge in [0.05, 0.1) is 22.8 Å². The fraction of sp³-hybridized carbons (Fsp3) is 0.250. The van der Waals surface area contributed by atoms with Crippen LogP contribution in [0.15, 0.2) is 103 Å². The van der Waals surface area contributed by atoms with Gasteiger partial charge in [0, 0.05) is 25.6 Å². The van der Waals surface area contributed by atoms with Gasteiger partial charge in [-0.2, -0.15) is 26.3 Å². The highest BCUT2D eigenvalue weighted by molar-refractivity contribution is 6.32. The van der Waals surface area contributed by atoms with Gasteiger partial charge in [-0.1, -0.05) is 90.5 Å². The van der Waals surface area contributed by atoms with Crippen molar-refractivity contribution < 1.29 is 31.1 Å². The molecule has 4 aromatic carbocycles. The van der Waals surface area contributed by atoms with Crippen LogP contribution in [0.5, 0.6) is 5.75 Å². The normalized spacial score (nSPS) is 12.2. The van der Waals surface area contributed by atoms with E-state index in [1.807, 2.05) is 65.6 Å². The summed E-state index contributed by atoms with van der Waals surface area (Å²) in [6.07, 6.45) is -8.65. The van der Waals surface area contributed by atoms with Gasteiger partial charge < -0.3 is 4.74 Å². The van der Waals surface area contributed by atoms with Crippen LogP contribution in [0.25, 0.3) is 0 Å². The summed E-state index contributed by atoms with van der Waals surface area (Å²) in [6.45, 7) is 1.13. The minimum absolute atomic E-state index is 0.0913. The number of benzene rings is 4. The summed E-state index contributed by atoms with van der Waals surface area (Å²) < 4.78 is 85.4. The molecule has 0 aliphatic carbocycles. The standard InChI is InChI=1S/C32H28ClF6NO/c33-30-25(14-7-17-29(30)32(37,38)39)21-40(18-9-19-41-27-16-8-15-26(20-27)31(34,35)36)22-28(23-10-3-1-4-11-23)24-12-5-2-6-13-24/h1-8,10-17,20,28H,9,18-19,21-22H2. The molecule has 0 bridgehead atoms. The van der Waals surface area contributed by atoms with Gasteiger partial charge in [-0.05, 0) is 47.4 Å². The third-order valence-electron chi connectivity index (χ3n) is 6.67. The molecule has 0 aliphatic heterocycles. The molecule has 0 aromatic heterocycles. The lowest BCUT2D eigenvalue weighted by atomic mass is 9.90. The SMILES string of the molecule is FC(F)(F)c1cccc(OCCCN(Cc2cccc(C(F)(F)F)c2Cl)CC(c2ccccc2)c2ccccc2)c1. The van der Waals surface area contributed by atoms with Crippen molar-refractivity contribution in [2.75, 3.05) is 19.7 Å². The highest BCUT2D eigenvalue weighted by Gasteiger charge is 2.34. The van der Waals surface area contributed by atoms with E-state index in [0.717, 1.165) is 29.3 Å². The molecule has 0 fully saturated rings. The van der Waals surface area contributed by atoms with Crippen LogP contribution in [-0.2, 0) is 18.9 Å². The van der Waals surface area contributed by atoms with Gasteiger partial charge in [0.1, 0.15) is 5.75 Å². The Morgan fingerprint density at radius 1 is 0.707 bits per heavy atom. The average molecular weight is 592 g/mol. The maximum atomic E-state index is 13.5. The highest BCUT2D eigenvalue weighted by Crippen LogP contribution is 2.37. The van der Waals surface area contributed by atoms with Gasteiger partial charge in [0.25, 0.3) is 0 Å². The number of halogens is 7. The van der Waals surface area contributed by atoms with Gasteiger partial charge in [-0.25, -0.2) is 0 Å². The zero-order valence-electron chi connectivity index (χ0n) is 21.9. The van der Waals surface area contributed by atoms with E-state index >= 15 is 0 Å². The molecule has 4 rings (SSSR count). The smallest absolute Gasteiger partial charge is 0.417 e. The minimum Gasteiger partial charge on any atom is -0.494 e. The van der Waals surface area contributed by atoms with Crippen LogP contribution in [-0.4, -0.2) is 24.6 Å². The first-order valence-electron chi connectivity index (χ1n) is 13.0. The van der Waals surface area contributed by atoms with Gasteiger partial charge in [0.15, 0.2) is 0 Å². The maximum Gasteiger partial charge on any atom is 0.417 e. The molecule has 0 radical (unpaired) electrons. The van der Waals surface area contributed by atoms with Gasteiger partial charge >= 0.3 is 12.4 Å². The molecule has 0 heterocycles. The summed E-state index contributed by atoms with van der Waals surface area (Å²) >= 11 is 6.24. The number of rotatable bonds is 11. The first kappa shape index (κ1) is 30.5. The van der Waals surface area contributed by atoms with E-state index in [9.17, 15) is 26.3 Å². The van der Waals surface area contributed by atoms with Crippen LogP contribution < -0.4 is 4.74 Å². The predicted octanol–water partition coefficient (Wildman–Crippen LogP) is 9.48. The van der Waals surface area contributed by atoms with Crippen molar-refractivity contribution in [3.63, 3.8) is 0 Å². The van der Waals surface area contributed by atoms with Crippen LogP contribution in [0.2, 0.25) is 5.02 Å². The van der Waals surface area contributed by atoms with Crippen LogP contribution in [0.3, 0.4) is 0 Å². The summed E-state index contributed by atoms with van der Waals surface area (Å²) in [5.41, 5.74) is 0.717. The monoisotopic (exact) mass is 591 g/mol. The van der Waals surface area contributed by atoms with Gasteiger partial charge in [-0.3, -0.25) is 4.90 Å². The largest absolute Gasteiger partial charge is 0.494 e. The fourth-order valence-electron chi connectivity index (χ4n) is 4.67. The third-order valence-corrected chi connectivity index (χ3v) is 7.12. The number of ether oxygens (including phenoxy) is 1. The van der Waals surface area contributed by atoms with E-state index in [4.69, 9.17) is 16.3 Å². The molecule has 2 nitrogen and oxygen atoms in total. The molecule has 216 valence electrons. The summed E-state index contributed by atoms with van der Waals surface area (Å²) in [5, 5.41) is -0.346. The fourth-order valence-corrected chi connectivity index (χ4v) is 4.96. The molecule has 0 unspecified atom stereocenters. The zero-order valence-corrected chi connectivity index (χ0v) is 22.7. The molecule has 0 saturated heterocycles. The summed E-state index contributed by atoms with van der Waals surface area (Å²) in [6, 6.07) is 28.1. The second kappa shape index (κ2) is 13.4. The summed E-state index contributed by atoms with van der Waals surface area (Å²) in [5.74, 6) is 0.00473. The van der Waals surface area contributed by atoms with Crippen LogP contribution in [0.4, 0.5) is 26.3 Å². The van der Waals surface area contributed by atoms with Crippen LogP contribution >= 0.6 is 11.6 Å². The molecule has 9 heteroatoms. The number of hydrogen-bond acceptors (Lipinski definition) is 2. The van der Waals surface area contributed by atoms with Crippen LogP contribution in [0, 0.1) is 0 Å². The Labute approximate surface area is 240 Å². The molecule has 0 N–H and O–H groups in total. The van der Waals surface area contributed by atoms with E-state index < -0.39 is 23.5 Å². The molecule has 0 saturated carbocycles. The molecular formula is C32H28ClF6NO. The first-order valence-corrected chi connectivity index (χ1v) is 13.4. The maximum absolute atomic E-state index is 13.5. The molecule has 0 atom stereocenters. The minimum atomic E-state index is -4.59. The second-order valence-corrected chi connectivity index (χ2v) is 9.99. The van der Waals surface area contributed by atoms with E-state index in [-0.39, 0.29) is 29.8 Å². The number of hydrogen-bond donors (Lipinski definition) is 0. The molecule has 0 aliphatic rings. The van der Waals surface area contributed by atoms with E-state index in [1.54, 1.807) is 6.07 Å². The Kier molecular flexibility index (Phi) is 9.99. The number of alkyl halides is 6. The van der Waals surface area contributed by atoms with Crippen molar-refractivity contribution in [2.45, 2.75) is 31.2 Å². The second-order valence-electron chi connectivity index (χ2n) is 9.61. The quantitative estimate of drug-likeness (QED) is 0.127. The lowest BCUT2D eigenvalue weighted by molar-refractivity contribution is -0.138. The van der Waals surface area contributed by atoms with Crippen molar-refractivity contribution in [3.8, 4) is 5.75 Å². The molecule has 0 amide bonds. The molecule has 4 aromatic rings. The third kappa shape index (κ3) is 8.50. The van der Waals surface area contributed by atoms with Gasteiger partial charge in [0.2, 0.25) is 0 Å². The molecular weight excluding hydrogens is 564 g/mol. The van der Waals surface area contributed by atoms with Crippen molar-refractivity contribution in [1.82, 2.24) is 4.90 Å². The van der Waals surface area contributed by atoms with E-state index in [1.165, 1.54) is 18.2 Å². The number of nitrogens with zero attached hydrogens (tertiary/aromatic N) is 1. The van der Waals surface area contributed by atoms with Crippen molar-refractivity contribution >= 4 is 11.6 Å². The van der Waals surface area contributed by atoms with E-state index in [0.29, 0.717) is 25.1 Å². The lowest BCUT2D eigenvalue weighted by Crippen LogP contribution is -2.31. The molecule has 41 heavy (non-hydrogen) atoms. The Morgan fingerprint density at radius 2 is 1.32 bits per heavy atom. The van der Waals surface area contributed by atoms with Crippen molar-refractivity contribution in [2.24, 2.45) is 0 Å². The Bertz CT molecular complexity index is 1350. The highest BCUT2D eigenvalue weighted by atomic mass is 35.5. The lowest BCUT2D eigenvalue weighted by Gasteiger charge is -2.29. The Hall–Kier alpha value is -3.49. The first-order chi connectivity index (χ1) is 19.5. The van der Waals surface area contributed by atoms with Crippen LogP contribution in [0.1, 0.15) is 40.2 Å². The summed E-state index contributed by atoms with van der Waals surface area (Å²) in [4.78, 5) is 2.00. The summed E-state index contributed by atoms with van der Waals surface area (Å²) in [7, 11) is 0. The average Bonchev–Trinajstić information content (AvgIpc) is 2.95. The van der Waals surface area contributed by atoms with Crippen molar-refractivity contribution in [3.05, 3.63) is 136 Å². The zero-order chi connectivity index (χ0) is 29.5. The predicted molar refractivity (Wildman–Crippen MR) is 148 cm³/mol. The Morgan fingerprint density at radius 3 is 1.90 bits per heavy atom. The van der Waals surface area contributed by atoms with Crippen molar-refractivity contribution in [1.29, 1.82) is 0 Å². The molecule has 0 spiro atoms.